The van der Waals surface area contributed by atoms with E-state index in [2.05, 4.69) is 20.3 Å². The second-order valence-electron chi connectivity index (χ2n) is 3.42. The van der Waals surface area contributed by atoms with Gasteiger partial charge in [-0.15, -0.1) is 0 Å². The van der Waals surface area contributed by atoms with E-state index < -0.39 is 0 Å². The fourth-order valence-corrected chi connectivity index (χ4v) is 1.32. The maximum atomic E-state index is 11.7. The monoisotopic (exact) mass is 216 g/mol. The number of hydrogen-bond donors (Lipinski definition) is 2. The molecule has 0 bridgehead atoms. The Morgan fingerprint density at radius 3 is 3.06 bits per heavy atom. The van der Waals surface area contributed by atoms with Gasteiger partial charge >= 0.3 is 0 Å². The van der Waals surface area contributed by atoms with Gasteiger partial charge in [-0.25, -0.2) is 9.97 Å². The van der Waals surface area contributed by atoms with Crippen molar-refractivity contribution in [1.82, 2.24) is 20.3 Å². The highest BCUT2D eigenvalue weighted by atomic mass is 16.1. The molecule has 0 aliphatic heterocycles. The number of H-pyrrole nitrogens is 1. The van der Waals surface area contributed by atoms with Gasteiger partial charge in [-0.1, -0.05) is 6.07 Å². The van der Waals surface area contributed by atoms with Gasteiger partial charge in [-0.3, -0.25) is 4.79 Å². The number of rotatable bonds is 3. The molecule has 1 amide bonds. The molecule has 5 heteroatoms. The average Bonchev–Trinajstić information content (AvgIpc) is 2.78. The quantitative estimate of drug-likeness (QED) is 0.805. The molecule has 0 aromatic carbocycles. The van der Waals surface area contributed by atoms with Gasteiger partial charge in [-0.2, -0.15) is 0 Å². The summed E-state index contributed by atoms with van der Waals surface area (Å²) >= 11 is 0. The van der Waals surface area contributed by atoms with E-state index in [0.717, 1.165) is 11.4 Å². The molecule has 2 heterocycles. The van der Waals surface area contributed by atoms with Crippen LogP contribution in [0.4, 0.5) is 0 Å². The molecule has 0 spiro atoms. The molecule has 0 unspecified atom stereocenters. The molecular formula is C11H12N4O. The first-order chi connectivity index (χ1) is 7.75. The van der Waals surface area contributed by atoms with Gasteiger partial charge in [0.05, 0.1) is 18.6 Å². The third-order valence-corrected chi connectivity index (χ3v) is 2.12. The van der Waals surface area contributed by atoms with Crippen LogP contribution in [-0.4, -0.2) is 20.9 Å². The Balaban J connectivity index is 1.98. The number of nitrogens with zero attached hydrogens (tertiary/aromatic N) is 2. The summed E-state index contributed by atoms with van der Waals surface area (Å²) < 4.78 is 0. The summed E-state index contributed by atoms with van der Waals surface area (Å²) in [5, 5.41) is 2.76. The Labute approximate surface area is 92.9 Å². The predicted octanol–water partition coefficient (Wildman–Crippen LogP) is 1.04. The van der Waals surface area contributed by atoms with E-state index in [4.69, 9.17) is 0 Å². The molecular weight excluding hydrogens is 204 g/mol. The minimum Gasteiger partial charge on any atom is -0.347 e. The van der Waals surface area contributed by atoms with E-state index >= 15 is 0 Å². The lowest BCUT2D eigenvalue weighted by Gasteiger charge is -2.03. The summed E-state index contributed by atoms with van der Waals surface area (Å²) in [4.78, 5) is 22.6. The van der Waals surface area contributed by atoms with E-state index in [1.165, 1.54) is 0 Å². The molecule has 2 aromatic heterocycles. The highest BCUT2D eigenvalue weighted by Gasteiger charge is 2.06. The minimum absolute atomic E-state index is 0.182. The van der Waals surface area contributed by atoms with E-state index in [-0.39, 0.29) is 5.91 Å². The zero-order chi connectivity index (χ0) is 11.4. The first kappa shape index (κ1) is 10.4. The summed E-state index contributed by atoms with van der Waals surface area (Å²) in [5.74, 6) is -0.182. The minimum atomic E-state index is -0.182. The highest BCUT2D eigenvalue weighted by molar-refractivity contribution is 5.92. The van der Waals surface area contributed by atoms with Crippen molar-refractivity contribution in [2.75, 3.05) is 0 Å². The van der Waals surface area contributed by atoms with Gasteiger partial charge in [0.1, 0.15) is 5.69 Å². The van der Waals surface area contributed by atoms with Gasteiger partial charge in [0, 0.05) is 11.9 Å². The van der Waals surface area contributed by atoms with Gasteiger partial charge < -0.3 is 10.3 Å². The molecule has 2 N–H and O–H groups in total. The summed E-state index contributed by atoms with van der Waals surface area (Å²) in [6.07, 6.45) is 3.25. The second-order valence-corrected chi connectivity index (χ2v) is 3.42. The van der Waals surface area contributed by atoms with E-state index in [1.54, 1.807) is 18.6 Å². The molecule has 0 fully saturated rings. The van der Waals surface area contributed by atoms with Crippen molar-refractivity contribution >= 4 is 5.91 Å². The lowest BCUT2D eigenvalue weighted by molar-refractivity contribution is 0.0945. The van der Waals surface area contributed by atoms with Crippen LogP contribution < -0.4 is 5.32 Å². The van der Waals surface area contributed by atoms with E-state index in [0.29, 0.717) is 12.2 Å². The number of amides is 1. The van der Waals surface area contributed by atoms with Crippen LogP contribution in [0.25, 0.3) is 0 Å². The van der Waals surface area contributed by atoms with Crippen LogP contribution in [0.15, 0.2) is 30.7 Å². The largest absolute Gasteiger partial charge is 0.347 e. The Kier molecular flexibility index (Phi) is 2.95. The number of nitrogens with one attached hydrogen (secondary N) is 2. The molecule has 5 nitrogen and oxygen atoms in total. The molecule has 0 aliphatic carbocycles. The molecule has 2 aromatic rings. The van der Waals surface area contributed by atoms with E-state index in [1.807, 2.05) is 19.1 Å². The normalized spacial score (nSPS) is 10.1. The van der Waals surface area contributed by atoms with Crippen molar-refractivity contribution in [2.24, 2.45) is 0 Å². The standard InChI is InChI=1S/C11H12N4O/c1-8-3-2-4-10(15-8)11(16)13-6-9-5-12-7-14-9/h2-5,7H,6H2,1H3,(H,12,14)(H,13,16). The van der Waals surface area contributed by atoms with Crippen LogP contribution in [0.3, 0.4) is 0 Å². The maximum absolute atomic E-state index is 11.7. The van der Waals surface area contributed by atoms with Crippen molar-refractivity contribution in [1.29, 1.82) is 0 Å². The second kappa shape index (κ2) is 4.57. The Morgan fingerprint density at radius 1 is 1.50 bits per heavy atom. The lowest BCUT2D eigenvalue weighted by atomic mass is 10.3. The predicted molar refractivity (Wildman–Crippen MR) is 58.7 cm³/mol. The number of aryl methyl sites for hydroxylation is 1. The average molecular weight is 216 g/mol. The van der Waals surface area contributed by atoms with Crippen LogP contribution >= 0.6 is 0 Å². The maximum Gasteiger partial charge on any atom is 0.270 e. The van der Waals surface area contributed by atoms with Crippen molar-refractivity contribution in [3.8, 4) is 0 Å². The highest BCUT2D eigenvalue weighted by Crippen LogP contribution is 1.98. The van der Waals surface area contributed by atoms with Gasteiger partial charge in [-0.05, 0) is 19.1 Å². The first-order valence-corrected chi connectivity index (χ1v) is 4.95. The third kappa shape index (κ3) is 2.44. The Bertz CT molecular complexity index is 478. The summed E-state index contributed by atoms with van der Waals surface area (Å²) in [5.41, 5.74) is 2.12. The fourth-order valence-electron chi connectivity index (χ4n) is 1.32. The molecule has 0 saturated carbocycles. The number of imidazole rings is 1. The van der Waals surface area contributed by atoms with Crippen LogP contribution in [-0.2, 0) is 6.54 Å². The summed E-state index contributed by atoms with van der Waals surface area (Å²) in [6.45, 7) is 2.28. The number of carbonyl (C=O) groups is 1. The molecule has 0 aliphatic rings. The number of aromatic amines is 1. The van der Waals surface area contributed by atoms with Crippen molar-refractivity contribution < 1.29 is 4.79 Å². The number of aromatic nitrogens is 3. The smallest absolute Gasteiger partial charge is 0.270 e. The van der Waals surface area contributed by atoms with Gasteiger partial charge in [0.25, 0.3) is 5.91 Å². The SMILES string of the molecule is Cc1cccc(C(=O)NCc2cnc[nH]2)n1. The number of pyridine rings is 1. The molecule has 2 rings (SSSR count). The van der Waals surface area contributed by atoms with Gasteiger partial charge in [0.15, 0.2) is 0 Å². The van der Waals surface area contributed by atoms with Crippen LogP contribution in [0, 0.1) is 6.92 Å². The van der Waals surface area contributed by atoms with Crippen LogP contribution in [0.5, 0.6) is 0 Å². The zero-order valence-corrected chi connectivity index (χ0v) is 8.90. The molecule has 0 atom stereocenters. The Morgan fingerprint density at radius 2 is 2.38 bits per heavy atom. The van der Waals surface area contributed by atoms with Crippen LogP contribution in [0.2, 0.25) is 0 Å². The van der Waals surface area contributed by atoms with Crippen molar-refractivity contribution in [2.45, 2.75) is 13.5 Å². The number of carbonyl (C=O) groups excluding carboxylic acids is 1. The summed E-state index contributed by atoms with van der Waals surface area (Å²) in [6, 6.07) is 5.36. The molecule has 16 heavy (non-hydrogen) atoms. The molecule has 0 saturated heterocycles. The van der Waals surface area contributed by atoms with Crippen molar-refractivity contribution in [3.63, 3.8) is 0 Å². The zero-order valence-electron chi connectivity index (χ0n) is 8.90. The summed E-state index contributed by atoms with van der Waals surface area (Å²) in [7, 11) is 0. The molecule has 82 valence electrons. The van der Waals surface area contributed by atoms with Crippen molar-refractivity contribution in [3.05, 3.63) is 47.8 Å². The van der Waals surface area contributed by atoms with Gasteiger partial charge in [0.2, 0.25) is 0 Å². The fraction of sp³-hybridized carbons (Fsp3) is 0.182. The number of hydrogen-bond acceptors (Lipinski definition) is 3. The lowest BCUT2D eigenvalue weighted by Crippen LogP contribution is -2.24. The van der Waals surface area contributed by atoms with Crippen LogP contribution in [0.1, 0.15) is 21.9 Å². The molecule has 0 radical (unpaired) electrons. The first-order valence-electron chi connectivity index (χ1n) is 4.95. The van der Waals surface area contributed by atoms with E-state index in [9.17, 15) is 4.79 Å². The Hall–Kier alpha value is -2.17. The topological polar surface area (TPSA) is 70.7 Å². The third-order valence-electron chi connectivity index (χ3n) is 2.12.